The molecule has 11 heteroatoms. The van der Waals surface area contributed by atoms with E-state index in [1.54, 1.807) is 35.0 Å². The molecule has 0 atom stereocenters. The summed E-state index contributed by atoms with van der Waals surface area (Å²) in [6.07, 6.45) is 1.68. The van der Waals surface area contributed by atoms with Crippen molar-refractivity contribution in [2.45, 2.75) is 4.90 Å². The summed E-state index contributed by atoms with van der Waals surface area (Å²) >= 11 is 11.8. The van der Waals surface area contributed by atoms with Crippen LogP contribution in [0.2, 0.25) is 10.0 Å². The summed E-state index contributed by atoms with van der Waals surface area (Å²) in [7, 11) is -3.82. The van der Waals surface area contributed by atoms with Gasteiger partial charge in [0.25, 0.3) is 10.0 Å². The molecule has 0 saturated carbocycles. The molecule has 0 amide bonds. The van der Waals surface area contributed by atoms with E-state index in [1.807, 2.05) is 30.3 Å². The average molecular weight is 497 g/mol. The molecule has 3 aromatic heterocycles. The van der Waals surface area contributed by atoms with E-state index < -0.39 is 10.0 Å². The molecule has 5 rings (SSSR count). The molecular weight excluding hydrogens is 483 g/mol. The first-order chi connectivity index (χ1) is 15.9. The van der Waals surface area contributed by atoms with Crippen molar-refractivity contribution in [2.24, 2.45) is 0 Å². The van der Waals surface area contributed by atoms with E-state index in [1.165, 1.54) is 18.2 Å². The van der Waals surface area contributed by atoms with Gasteiger partial charge in [0.05, 0.1) is 20.6 Å². The predicted octanol–water partition coefficient (Wildman–Crippen LogP) is 4.96. The Balaban J connectivity index is 1.43. The van der Waals surface area contributed by atoms with E-state index in [0.29, 0.717) is 28.5 Å². The summed E-state index contributed by atoms with van der Waals surface area (Å²) in [5.41, 5.74) is 3.09. The van der Waals surface area contributed by atoms with Crippen molar-refractivity contribution in [2.75, 3.05) is 4.72 Å². The van der Waals surface area contributed by atoms with Gasteiger partial charge in [-0.15, -0.1) is 10.2 Å². The van der Waals surface area contributed by atoms with Gasteiger partial charge in [0.2, 0.25) is 5.82 Å². The highest BCUT2D eigenvalue weighted by Gasteiger charge is 2.16. The summed E-state index contributed by atoms with van der Waals surface area (Å²) in [5, 5.41) is 13.4. The molecule has 0 radical (unpaired) electrons. The Morgan fingerprint density at radius 2 is 1.64 bits per heavy atom. The number of benzene rings is 2. The van der Waals surface area contributed by atoms with Crippen LogP contribution in [0.4, 0.5) is 5.69 Å². The summed E-state index contributed by atoms with van der Waals surface area (Å²) < 4.78 is 29.5. The van der Waals surface area contributed by atoms with E-state index >= 15 is 0 Å². The van der Waals surface area contributed by atoms with E-state index in [9.17, 15) is 8.42 Å². The third-order valence-corrected chi connectivity index (χ3v) is 6.91. The highest BCUT2D eigenvalue weighted by Crippen LogP contribution is 2.27. The second kappa shape index (κ2) is 8.43. The molecule has 0 fully saturated rings. The summed E-state index contributed by atoms with van der Waals surface area (Å²) in [4.78, 5) is 4.33. The molecule has 0 unspecified atom stereocenters. The highest BCUT2D eigenvalue weighted by molar-refractivity contribution is 7.92. The standard InChI is InChI=1S/C22H14Cl2N6O2S/c23-17-9-8-16(13-18(17)24)33(31,32)29-15-6-4-14(5-7-15)19-10-11-21-26-27-22(30(21)28-19)20-3-1-2-12-25-20/h1-13,29H. The summed E-state index contributed by atoms with van der Waals surface area (Å²) in [6, 6.07) is 20.1. The first-order valence-corrected chi connectivity index (χ1v) is 11.9. The zero-order valence-corrected chi connectivity index (χ0v) is 19.1. The Labute approximate surface area is 198 Å². The van der Waals surface area contributed by atoms with Crippen LogP contribution in [0, 0.1) is 0 Å². The zero-order valence-electron chi connectivity index (χ0n) is 16.7. The number of rotatable bonds is 5. The lowest BCUT2D eigenvalue weighted by molar-refractivity contribution is 0.601. The average Bonchev–Trinajstić information content (AvgIpc) is 3.25. The van der Waals surface area contributed by atoms with Crippen LogP contribution < -0.4 is 4.72 Å². The van der Waals surface area contributed by atoms with Crippen LogP contribution in [0.15, 0.2) is 83.9 Å². The smallest absolute Gasteiger partial charge is 0.261 e. The molecule has 5 aromatic rings. The van der Waals surface area contributed by atoms with Crippen molar-refractivity contribution >= 4 is 44.6 Å². The van der Waals surface area contributed by atoms with Gasteiger partial charge in [-0.05, 0) is 54.6 Å². The van der Waals surface area contributed by atoms with Crippen molar-refractivity contribution in [3.8, 4) is 22.8 Å². The predicted molar refractivity (Wildman–Crippen MR) is 127 cm³/mol. The minimum Gasteiger partial charge on any atom is -0.280 e. The lowest BCUT2D eigenvalue weighted by Crippen LogP contribution is -2.12. The van der Waals surface area contributed by atoms with Crippen LogP contribution >= 0.6 is 23.2 Å². The normalized spacial score (nSPS) is 11.6. The molecule has 2 aromatic carbocycles. The van der Waals surface area contributed by atoms with Crippen LogP contribution in [0.3, 0.4) is 0 Å². The quantitative estimate of drug-likeness (QED) is 0.368. The molecule has 164 valence electrons. The largest absolute Gasteiger partial charge is 0.280 e. The van der Waals surface area contributed by atoms with E-state index in [0.717, 1.165) is 5.56 Å². The van der Waals surface area contributed by atoms with Gasteiger partial charge in [-0.1, -0.05) is 41.4 Å². The summed E-state index contributed by atoms with van der Waals surface area (Å²) in [6.45, 7) is 0. The monoisotopic (exact) mass is 496 g/mol. The minimum atomic E-state index is -3.82. The molecule has 1 N–H and O–H groups in total. The Morgan fingerprint density at radius 3 is 2.36 bits per heavy atom. The van der Waals surface area contributed by atoms with Gasteiger partial charge in [-0.25, -0.2) is 8.42 Å². The number of aromatic nitrogens is 5. The van der Waals surface area contributed by atoms with E-state index in [4.69, 9.17) is 23.2 Å². The minimum absolute atomic E-state index is 0.0164. The molecular formula is C22H14Cl2N6O2S. The Morgan fingerprint density at radius 1 is 0.818 bits per heavy atom. The second-order valence-electron chi connectivity index (χ2n) is 6.99. The second-order valence-corrected chi connectivity index (χ2v) is 9.48. The first-order valence-electron chi connectivity index (χ1n) is 9.63. The lowest BCUT2D eigenvalue weighted by Gasteiger charge is -2.10. The maximum atomic E-state index is 12.7. The van der Waals surface area contributed by atoms with Crippen molar-refractivity contribution in [3.05, 3.63) is 89.0 Å². The molecule has 33 heavy (non-hydrogen) atoms. The lowest BCUT2D eigenvalue weighted by atomic mass is 10.1. The molecule has 0 aliphatic rings. The molecule has 3 heterocycles. The Hall–Kier alpha value is -3.53. The van der Waals surface area contributed by atoms with Crippen LogP contribution in [0.5, 0.6) is 0 Å². The van der Waals surface area contributed by atoms with Crippen LogP contribution in [0.1, 0.15) is 0 Å². The maximum absolute atomic E-state index is 12.7. The van der Waals surface area contributed by atoms with Crippen LogP contribution in [-0.2, 0) is 10.0 Å². The van der Waals surface area contributed by atoms with Gasteiger partial charge in [0, 0.05) is 17.4 Å². The SMILES string of the molecule is O=S(=O)(Nc1ccc(-c2ccc3nnc(-c4ccccn4)n3n2)cc1)c1ccc(Cl)c(Cl)c1. The number of hydrogen-bond acceptors (Lipinski definition) is 6. The third kappa shape index (κ3) is 4.25. The van der Waals surface area contributed by atoms with Crippen LogP contribution in [-0.4, -0.2) is 33.2 Å². The Bertz CT molecular complexity index is 1570. The zero-order chi connectivity index (χ0) is 23.0. The topological polar surface area (TPSA) is 102 Å². The third-order valence-electron chi connectivity index (χ3n) is 4.79. The maximum Gasteiger partial charge on any atom is 0.261 e. The van der Waals surface area contributed by atoms with Gasteiger partial charge in [-0.3, -0.25) is 9.71 Å². The van der Waals surface area contributed by atoms with Crippen LogP contribution in [0.25, 0.3) is 28.4 Å². The number of halogens is 2. The van der Waals surface area contributed by atoms with Gasteiger partial charge >= 0.3 is 0 Å². The van der Waals surface area contributed by atoms with Crippen molar-refractivity contribution < 1.29 is 8.42 Å². The molecule has 0 spiro atoms. The van der Waals surface area contributed by atoms with Crippen molar-refractivity contribution in [1.82, 2.24) is 24.8 Å². The number of pyridine rings is 1. The van der Waals surface area contributed by atoms with Crippen molar-refractivity contribution in [1.29, 1.82) is 0 Å². The number of nitrogens with one attached hydrogen (secondary N) is 1. The molecule has 0 aliphatic heterocycles. The number of anilines is 1. The molecule has 8 nitrogen and oxygen atoms in total. The number of hydrogen-bond donors (Lipinski definition) is 1. The van der Waals surface area contributed by atoms with Gasteiger partial charge in [-0.2, -0.15) is 9.61 Å². The fraction of sp³-hybridized carbons (Fsp3) is 0. The van der Waals surface area contributed by atoms with Gasteiger partial charge in [0.15, 0.2) is 5.65 Å². The number of nitrogens with zero attached hydrogens (tertiary/aromatic N) is 5. The first kappa shape index (κ1) is 21.3. The fourth-order valence-electron chi connectivity index (χ4n) is 3.16. The highest BCUT2D eigenvalue weighted by atomic mass is 35.5. The van der Waals surface area contributed by atoms with Crippen molar-refractivity contribution in [3.63, 3.8) is 0 Å². The molecule has 0 saturated heterocycles. The fourth-order valence-corrected chi connectivity index (χ4v) is 4.61. The van der Waals surface area contributed by atoms with Gasteiger partial charge < -0.3 is 0 Å². The van der Waals surface area contributed by atoms with E-state index in [2.05, 4.69) is 25.0 Å². The molecule has 0 aliphatic carbocycles. The van der Waals surface area contributed by atoms with E-state index in [-0.39, 0.29) is 14.9 Å². The number of sulfonamides is 1. The van der Waals surface area contributed by atoms with Gasteiger partial charge in [0.1, 0.15) is 5.69 Å². The molecule has 0 bridgehead atoms. The Kier molecular flexibility index (Phi) is 5.45. The summed E-state index contributed by atoms with van der Waals surface area (Å²) in [5.74, 6) is 0.526. The number of fused-ring (bicyclic) bond motifs is 1.